The number of carbonyl (C=O) groups is 1. The van der Waals surface area contributed by atoms with Crippen LogP contribution in [0.15, 0.2) is 0 Å². The zero-order valence-electron chi connectivity index (χ0n) is 6.64. The smallest absolute Gasteiger partial charge is 0.303 e. The molecular weight excluding hydrogens is 127 g/mol. The van der Waals surface area contributed by atoms with Crippen LogP contribution < -0.4 is 0 Å². The van der Waals surface area contributed by atoms with E-state index in [2.05, 4.69) is 0 Å². The number of ether oxygens (including phenoxy) is 1. The van der Waals surface area contributed by atoms with Crippen LogP contribution in [0.25, 0.3) is 0 Å². The molecular formula is C7H13BO2. The van der Waals surface area contributed by atoms with Gasteiger partial charge in [0, 0.05) is 5.31 Å². The summed E-state index contributed by atoms with van der Waals surface area (Å²) in [5.74, 6) is -0.0370. The lowest BCUT2D eigenvalue weighted by molar-refractivity contribution is -0.144. The van der Waals surface area contributed by atoms with Crippen molar-refractivity contribution in [1.82, 2.24) is 0 Å². The average Bonchev–Trinajstić information content (AvgIpc) is 2.36. The second-order valence-corrected chi connectivity index (χ2v) is 3.26. The van der Waals surface area contributed by atoms with Crippen molar-refractivity contribution in [3.05, 3.63) is 0 Å². The molecule has 10 heavy (non-hydrogen) atoms. The number of hydrogen-bond acceptors (Lipinski definition) is 2. The Morgan fingerprint density at radius 2 is 2.00 bits per heavy atom. The lowest BCUT2D eigenvalue weighted by Gasteiger charge is -2.18. The van der Waals surface area contributed by atoms with Crippen molar-refractivity contribution in [3.8, 4) is 0 Å². The topological polar surface area (TPSA) is 26.3 Å². The van der Waals surface area contributed by atoms with Crippen LogP contribution in [0.3, 0.4) is 0 Å². The van der Waals surface area contributed by atoms with Crippen molar-refractivity contribution in [3.63, 3.8) is 0 Å². The Bertz CT molecular complexity index is 139. The second kappa shape index (κ2) is 2.65. The summed E-state index contributed by atoms with van der Waals surface area (Å²) < 4.78 is 4.70. The van der Waals surface area contributed by atoms with Gasteiger partial charge in [0.25, 0.3) is 0 Å². The molecule has 1 aliphatic rings. The molecule has 0 saturated heterocycles. The van der Waals surface area contributed by atoms with Gasteiger partial charge in [-0.1, -0.05) is 12.8 Å². The van der Waals surface area contributed by atoms with Gasteiger partial charge < -0.3 is 4.74 Å². The molecule has 56 valence electrons. The quantitative estimate of drug-likeness (QED) is 0.392. The Morgan fingerprint density at radius 3 is 2.40 bits per heavy atom. The van der Waals surface area contributed by atoms with Crippen molar-refractivity contribution in [2.75, 3.05) is 7.11 Å². The second-order valence-electron chi connectivity index (χ2n) is 3.26. The first-order valence-corrected chi connectivity index (χ1v) is 3.77. The monoisotopic (exact) mass is 140 g/mol. The Hall–Kier alpha value is -0.465. The molecule has 0 spiro atoms. The molecule has 0 aromatic carbocycles. The third kappa shape index (κ3) is 1.18. The van der Waals surface area contributed by atoms with Crippen LogP contribution >= 0.6 is 0 Å². The van der Waals surface area contributed by atoms with Gasteiger partial charge >= 0.3 is 5.97 Å². The van der Waals surface area contributed by atoms with E-state index in [1.165, 1.54) is 20.0 Å². The van der Waals surface area contributed by atoms with Gasteiger partial charge in [0.2, 0.25) is 0 Å². The van der Waals surface area contributed by atoms with Gasteiger partial charge in [-0.15, -0.1) is 0 Å². The minimum atomic E-state index is -0.158. The van der Waals surface area contributed by atoms with Crippen LogP contribution in [0.5, 0.6) is 0 Å². The van der Waals surface area contributed by atoms with Gasteiger partial charge in [0.05, 0.1) is 7.11 Å². The third-order valence-corrected chi connectivity index (χ3v) is 2.39. The molecule has 3 heteroatoms. The summed E-state index contributed by atoms with van der Waals surface area (Å²) in [5.41, 5.74) is 0. The van der Waals surface area contributed by atoms with Crippen LogP contribution in [0.4, 0.5) is 0 Å². The van der Waals surface area contributed by atoms with E-state index in [1.807, 2.05) is 7.85 Å². The van der Waals surface area contributed by atoms with Gasteiger partial charge in [-0.05, 0) is 12.8 Å². The van der Waals surface area contributed by atoms with Crippen molar-refractivity contribution >= 4 is 13.8 Å². The molecule has 1 aliphatic carbocycles. The Kier molecular flexibility index (Phi) is 2.02. The van der Waals surface area contributed by atoms with Crippen LogP contribution in [-0.2, 0) is 9.53 Å². The molecule has 0 atom stereocenters. The Labute approximate surface area is 62.3 Å². The van der Waals surface area contributed by atoms with E-state index >= 15 is 0 Å². The minimum Gasteiger partial charge on any atom is -0.469 e. The largest absolute Gasteiger partial charge is 0.469 e. The third-order valence-electron chi connectivity index (χ3n) is 2.39. The first-order chi connectivity index (χ1) is 4.69. The molecule has 2 nitrogen and oxygen atoms in total. The van der Waals surface area contributed by atoms with Gasteiger partial charge in [-0.3, -0.25) is 4.79 Å². The number of esters is 1. The number of hydrogen-bond donors (Lipinski definition) is 0. The maximum absolute atomic E-state index is 11.1. The van der Waals surface area contributed by atoms with Crippen molar-refractivity contribution < 1.29 is 9.53 Å². The predicted octanol–water partition coefficient (Wildman–Crippen LogP) is 0.525. The van der Waals surface area contributed by atoms with Gasteiger partial charge in [0.1, 0.15) is 7.85 Å². The van der Waals surface area contributed by atoms with E-state index in [1.54, 1.807) is 0 Å². The first kappa shape index (κ1) is 7.64. The number of carbonyl (C=O) groups excluding carboxylic acids is 1. The zero-order valence-corrected chi connectivity index (χ0v) is 6.64. The summed E-state index contributed by atoms with van der Waals surface area (Å²) in [5, 5.41) is -0.158. The Balaban J connectivity index is 2.58. The molecule has 0 heterocycles. The highest BCUT2D eigenvalue weighted by atomic mass is 16.5. The number of methoxy groups -OCH3 is 1. The summed E-state index contributed by atoms with van der Waals surface area (Å²) in [6.07, 6.45) is 4.34. The molecule has 0 amide bonds. The maximum Gasteiger partial charge on any atom is 0.303 e. The van der Waals surface area contributed by atoms with E-state index in [-0.39, 0.29) is 11.3 Å². The van der Waals surface area contributed by atoms with Crippen LogP contribution in [0.1, 0.15) is 25.7 Å². The van der Waals surface area contributed by atoms with Crippen LogP contribution in [0.2, 0.25) is 5.31 Å². The lowest BCUT2D eigenvalue weighted by atomic mass is 9.67. The molecule has 0 N–H and O–H groups in total. The summed E-state index contributed by atoms with van der Waals surface area (Å²) in [6, 6.07) is 0. The van der Waals surface area contributed by atoms with Crippen molar-refractivity contribution in [2.24, 2.45) is 0 Å². The van der Waals surface area contributed by atoms with E-state index in [9.17, 15) is 4.79 Å². The van der Waals surface area contributed by atoms with E-state index in [0.717, 1.165) is 12.8 Å². The fraction of sp³-hybridized carbons (Fsp3) is 0.857. The van der Waals surface area contributed by atoms with Crippen LogP contribution in [-0.4, -0.2) is 20.9 Å². The molecule has 0 bridgehead atoms. The molecule has 0 unspecified atom stereocenters. The Morgan fingerprint density at radius 1 is 1.50 bits per heavy atom. The fourth-order valence-corrected chi connectivity index (χ4v) is 1.61. The molecule has 0 aliphatic heterocycles. The van der Waals surface area contributed by atoms with Gasteiger partial charge in [-0.2, -0.15) is 0 Å². The number of rotatable bonds is 1. The lowest BCUT2D eigenvalue weighted by Crippen LogP contribution is -2.22. The fourth-order valence-electron chi connectivity index (χ4n) is 1.61. The average molecular weight is 140 g/mol. The normalized spacial score (nSPS) is 22.5. The summed E-state index contributed by atoms with van der Waals surface area (Å²) in [6.45, 7) is 0. The first-order valence-electron chi connectivity index (χ1n) is 3.77. The summed E-state index contributed by atoms with van der Waals surface area (Å²) in [7, 11) is 3.46. The molecule has 1 rings (SSSR count). The van der Waals surface area contributed by atoms with Crippen LogP contribution in [0, 0.1) is 0 Å². The highest BCUT2D eigenvalue weighted by molar-refractivity contribution is 6.27. The van der Waals surface area contributed by atoms with Gasteiger partial charge in [-0.25, -0.2) is 0 Å². The predicted molar refractivity (Wildman–Crippen MR) is 41.7 cm³/mol. The van der Waals surface area contributed by atoms with E-state index in [4.69, 9.17) is 4.74 Å². The molecule has 1 saturated carbocycles. The van der Waals surface area contributed by atoms with E-state index in [0.29, 0.717) is 0 Å². The zero-order chi connectivity index (χ0) is 7.61. The molecule has 1 fully saturated rings. The maximum atomic E-state index is 11.1. The highest BCUT2D eigenvalue weighted by Crippen LogP contribution is 2.42. The molecule has 0 aromatic rings. The summed E-state index contributed by atoms with van der Waals surface area (Å²) >= 11 is 0. The molecule has 0 radical (unpaired) electrons. The minimum absolute atomic E-state index is 0.0370. The standard InChI is InChI=1S/C7H13BO2/c1-10-6(9)7(8)4-2-3-5-7/h2-5,8H2,1H3. The highest BCUT2D eigenvalue weighted by Gasteiger charge is 2.36. The van der Waals surface area contributed by atoms with E-state index < -0.39 is 0 Å². The van der Waals surface area contributed by atoms with Crippen molar-refractivity contribution in [2.45, 2.75) is 31.0 Å². The van der Waals surface area contributed by atoms with Crippen molar-refractivity contribution in [1.29, 1.82) is 0 Å². The summed E-state index contributed by atoms with van der Waals surface area (Å²) in [4.78, 5) is 11.1. The SMILES string of the molecule is BC1(C(=O)OC)CCCC1. The molecule has 0 aromatic heterocycles. The van der Waals surface area contributed by atoms with Gasteiger partial charge in [0.15, 0.2) is 0 Å².